The van der Waals surface area contributed by atoms with Crippen LogP contribution in [-0.4, -0.2) is 46.5 Å². The van der Waals surface area contributed by atoms with E-state index in [0.29, 0.717) is 35.0 Å². The molecule has 2 saturated heterocycles. The number of nitrogens with zero attached hydrogens (tertiary/aromatic N) is 1. The highest BCUT2D eigenvalue weighted by molar-refractivity contribution is 6.42. The molecule has 0 spiro atoms. The normalized spacial score (nSPS) is 27.9. The highest BCUT2D eigenvalue weighted by Crippen LogP contribution is 2.45. The van der Waals surface area contributed by atoms with Crippen molar-refractivity contribution in [1.29, 1.82) is 0 Å². The van der Waals surface area contributed by atoms with E-state index < -0.39 is 0 Å². The zero-order valence-corrected chi connectivity index (χ0v) is 12.6. The van der Waals surface area contributed by atoms with Gasteiger partial charge >= 0.3 is 6.09 Å². The maximum atomic E-state index is 11.9. The second-order valence-electron chi connectivity index (χ2n) is 5.38. The molecule has 3 rings (SSSR count). The van der Waals surface area contributed by atoms with Gasteiger partial charge in [-0.15, -0.1) is 0 Å². The van der Waals surface area contributed by atoms with Crippen molar-refractivity contribution >= 4 is 29.3 Å². The lowest BCUT2D eigenvalue weighted by Crippen LogP contribution is -2.30. The summed E-state index contributed by atoms with van der Waals surface area (Å²) >= 11 is 12.2. The van der Waals surface area contributed by atoms with Crippen molar-refractivity contribution in [2.75, 3.05) is 13.2 Å². The van der Waals surface area contributed by atoms with Crippen molar-refractivity contribution in [2.45, 2.75) is 30.9 Å². The van der Waals surface area contributed by atoms with Gasteiger partial charge in [0.2, 0.25) is 0 Å². The van der Waals surface area contributed by atoms with Gasteiger partial charge in [-0.25, -0.2) is 4.79 Å². The van der Waals surface area contributed by atoms with E-state index in [4.69, 9.17) is 33.0 Å². The first kappa shape index (κ1) is 14.8. The van der Waals surface area contributed by atoms with Crippen molar-refractivity contribution in [3.05, 3.63) is 27.7 Å². The van der Waals surface area contributed by atoms with Crippen LogP contribution in [0.5, 0.6) is 5.75 Å². The number of ether oxygens (including phenoxy) is 1. The van der Waals surface area contributed by atoms with Gasteiger partial charge < -0.3 is 19.8 Å². The summed E-state index contributed by atoms with van der Waals surface area (Å²) in [5.41, 5.74) is 0.578. The van der Waals surface area contributed by atoms with E-state index in [-0.39, 0.29) is 36.5 Å². The number of hydrogen-bond donors (Lipinski definition) is 2. The maximum Gasteiger partial charge on any atom is 0.410 e. The van der Waals surface area contributed by atoms with Crippen molar-refractivity contribution < 1.29 is 19.7 Å². The fourth-order valence-electron chi connectivity index (χ4n) is 3.24. The second kappa shape index (κ2) is 5.55. The number of phenols is 1. The number of hydrogen-bond acceptors (Lipinski definition) is 4. The van der Waals surface area contributed by atoms with Crippen LogP contribution in [0.4, 0.5) is 4.79 Å². The molecule has 21 heavy (non-hydrogen) atoms. The molecule has 1 aromatic carbocycles. The molecule has 3 atom stereocenters. The second-order valence-corrected chi connectivity index (χ2v) is 6.17. The van der Waals surface area contributed by atoms with Crippen LogP contribution < -0.4 is 0 Å². The molecule has 0 bridgehead atoms. The Morgan fingerprint density at radius 2 is 2.14 bits per heavy atom. The molecule has 7 heteroatoms. The molecule has 2 heterocycles. The summed E-state index contributed by atoms with van der Waals surface area (Å²) < 4.78 is 5.24. The van der Waals surface area contributed by atoms with Crippen LogP contribution >= 0.6 is 23.2 Å². The van der Waals surface area contributed by atoms with Crippen LogP contribution in [0.25, 0.3) is 0 Å². The molecule has 2 fully saturated rings. The van der Waals surface area contributed by atoms with Gasteiger partial charge in [0.25, 0.3) is 0 Å². The number of fused-ring (bicyclic) bond motifs is 1. The van der Waals surface area contributed by atoms with E-state index in [1.54, 1.807) is 11.0 Å². The number of cyclic esters (lactones) is 1. The lowest BCUT2D eigenvalue weighted by molar-refractivity contribution is 0.107. The summed E-state index contributed by atoms with van der Waals surface area (Å²) in [4.78, 5) is 13.5. The third-order valence-corrected chi connectivity index (χ3v) is 5.01. The minimum absolute atomic E-state index is 0.0316. The van der Waals surface area contributed by atoms with Crippen LogP contribution in [0.2, 0.25) is 10.0 Å². The fraction of sp³-hybridized carbons (Fsp3) is 0.500. The Hall–Kier alpha value is -1.17. The number of carbonyl (C=O) groups is 1. The molecule has 0 radical (unpaired) electrons. The minimum atomic E-state index is -0.376. The summed E-state index contributed by atoms with van der Waals surface area (Å²) in [7, 11) is 0. The first-order chi connectivity index (χ1) is 10.0. The van der Waals surface area contributed by atoms with E-state index in [0.717, 1.165) is 0 Å². The topological polar surface area (TPSA) is 70.0 Å². The monoisotopic (exact) mass is 331 g/mol. The molecule has 1 aromatic rings. The number of halogens is 2. The molecular formula is C14H15Cl2NO4. The van der Waals surface area contributed by atoms with Crippen molar-refractivity contribution in [2.24, 2.45) is 0 Å². The van der Waals surface area contributed by atoms with Crippen LogP contribution in [0, 0.1) is 0 Å². The molecular weight excluding hydrogens is 317 g/mol. The molecule has 0 aromatic heterocycles. The van der Waals surface area contributed by atoms with Gasteiger partial charge in [-0.3, -0.25) is 0 Å². The van der Waals surface area contributed by atoms with Crippen LogP contribution in [-0.2, 0) is 4.74 Å². The Bertz CT molecular complexity index is 580. The number of aliphatic hydroxyl groups is 1. The Morgan fingerprint density at radius 3 is 2.86 bits per heavy atom. The smallest absolute Gasteiger partial charge is 0.410 e. The average Bonchev–Trinajstić information content (AvgIpc) is 2.98. The van der Waals surface area contributed by atoms with Crippen molar-refractivity contribution in [3.8, 4) is 5.75 Å². The third-order valence-electron chi connectivity index (χ3n) is 4.19. The van der Waals surface area contributed by atoms with E-state index in [9.17, 15) is 9.90 Å². The zero-order chi connectivity index (χ0) is 15.1. The Balaban J connectivity index is 1.88. The quantitative estimate of drug-likeness (QED) is 0.893. The lowest BCUT2D eigenvalue weighted by Gasteiger charge is -2.17. The van der Waals surface area contributed by atoms with Crippen LogP contribution in [0.1, 0.15) is 24.3 Å². The van der Waals surface area contributed by atoms with Crippen LogP contribution in [0.3, 0.4) is 0 Å². The standard InChI is InChI=1S/C14H15Cl2NO4/c15-8-1-2-10(19)12(13(8)16)7-5-9-11(3-4-18)21-14(20)17(9)6-7/h1-2,7,9,11,18-19H,3-6H2/t7-,9-,11+/m0/s1. The SMILES string of the molecule is O=C1O[C@H](CCO)[C@@H]2C[C@H](c3c(O)ccc(Cl)c3Cl)CN12. The molecule has 5 nitrogen and oxygen atoms in total. The number of aliphatic hydroxyl groups excluding tert-OH is 1. The van der Waals surface area contributed by atoms with E-state index in [2.05, 4.69) is 0 Å². The number of amides is 1. The van der Waals surface area contributed by atoms with Crippen molar-refractivity contribution in [1.82, 2.24) is 4.90 Å². The molecule has 2 aliphatic rings. The lowest BCUT2D eigenvalue weighted by atomic mass is 9.93. The van der Waals surface area contributed by atoms with E-state index >= 15 is 0 Å². The Morgan fingerprint density at radius 1 is 1.38 bits per heavy atom. The number of aromatic hydroxyl groups is 1. The molecule has 114 valence electrons. The predicted molar refractivity (Wildman–Crippen MR) is 78.0 cm³/mol. The van der Waals surface area contributed by atoms with Gasteiger partial charge in [0.05, 0.1) is 16.1 Å². The summed E-state index contributed by atoms with van der Waals surface area (Å²) in [5.74, 6) is -0.00195. The van der Waals surface area contributed by atoms with Gasteiger partial charge in [-0.05, 0) is 18.6 Å². The average molecular weight is 332 g/mol. The fourth-order valence-corrected chi connectivity index (χ4v) is 3.72. The molecule has 2 N–H and O–H groups in total. The van der Waals surface area contributed by atoms with Crippen LogP contribution in [0.15, 0.2) is 12.1 Å². The largest absolute Gasteiger partial charge is 0.508 e. The Kier molecular flexibility index (Phi) is 3.90. The molecule has 2 aliphatic heterocycles. The number of rotatable bonds is 3. The number of benzene rings is 1. The minimum Gasteiger partial charge on any atom is -0.508 e. The maximum absolute atomic E-state index is 11.9. The predicted octanol–water partition coefficient (Wildman–Crippen LogP) is 2.76. The molecule has 0 saturated carbocycles. The van der Waals surface area contributed by atoms with Gasteiger partial charge in [0.1, 0.15) is 11.9 Å². The number of phenolic OH excluding ortho intramolecular Hbond substituents is 1. The number of carbonyl (C=O) groups excluding carboxylic acids is 1. The van der Waals surface area contributed by atoms with Gasteiger partial charge in [0, 0.05) is 31.1 Å². The Labute approximate surface area is 132 Å². The summed E-state index contributed by atoms with van der Waals surface area (Å²) in [5, 5.41) is 19.8. The summed E-state index contributed by atoms with van der Waals surface area (Å²) in [6.45, 7) is 0.398. The molecule has 1 amide bonds. The van der Waals surface area contributed by atoms with E-state index in [1.165, 1.54) is 6.07 Å². The van der Waals surface area contributed by atoms with Gasteiger partial charge in [0.15, 0.2) is 0 Å². The van der Waals surface area contributed by atoms with E-state index in [1.807, 2.05) is 0 Å². The zero-order valence-electron chi connectivity index (χ0n) is 11.1. The molecule has 0 aliphatic carbocycles. The van der Waals surface area contributed by atoms with Crippen molar-refractivity contribution in [3.63, 3.8) is 0 Å². The first-order valence-electron chi connectivity index (χ1n) is 6.78. The first-order valence-corrected chi connectivity index (χ1v) is 7.53. The third kappa shape index (κ3) is 2.43. The van der Waals surface area contributed by atoms with Gasteiger partial charge in [-0.2, -0.15) is 0 Å². The summed E-state index contributed by atoms with van der Waals surface area (Å²) in [6, 6.07) is 2.96. The molecule has 0 unspecified atom stereocenters. The highest BCUT2D eigenvalue weighted by atomic mass is 35.5. The van der Waals surface area contributed by atoms with Gasteiger partial charge in [-0.1, -0.05) is 23.2 Å². The summed E-state index contributed by atoms with van der Waals surface area (Å²) in [6.07, 6.45) is 0.352. The highest BCUT2D eigenvalue weighted by Gasteiger charge is 2.48.